The molecule has 1 fully saturated rings. The third-order valence-electron chi connectivity index (χ3n) is 7.61. The normalized spacial score (nSPS) is 19.2. The Labute approximate surface area is 232 Å². The van der Waals surface area contributed by atoms with Crippen molar-refractivity contribution in [3.8, 4) is 11.5 Å². The number of aryl methyl sites for hydroxylation is 1. The molecule has 1 unspecified atom stereocenters. The van der Waals surface area contributed by atoms with E-state index in [-0.39, 0.29) is 12.0 Å². The molecule has 0 saturated heterocycles. The van der Waals surface area contributed by atoms with Gasteiger partial charge in [0.05, 0.1) is 19.3 Å². The highest BCUT2D eigenvalue weighted by Crippen LogP contribution is 2.30. The lowest BCUT2D eigenvalue weighted by Gasteiger charge is -2.32. The molecule has 0 aliphatic heterocycles. The van der Waals surface area contributed by atoms with Crippen molar-refractivity contribution in [3.63, 3.8) is 0 Å². The van der Waals surface area contributed by atoms with Gasteiger partial charge in [-0.3, -0.25) is 0 Å². The SMILES string of the molecule is CCc1oc(-c2ccc(CC(C)C)cc2)nc1CO[C@H]1CCC[C@@H](COC(C)(Cc2ccccc2)C(=O)O)C1. The molecule has 1 heterocycles. The molecule has 0 spiro atoms. The molecule has 0 amide bonds. The lowest BCUT2D eigenvalue weighted by atomic mass is 9.87. The van der Waals surface area contributed by atoms with Gasteiger partial charge in [0.1, 0.15) is 11.5 Å². The van der Waals surface area contributed by atoms with E-state index in [1.807, 2.05) is 30.3 Å². The number of rotatable bonds is 13. The number of aromatic nitrogens is 1. The number of aliphatic carboxylic acids is 1. The Hall–Kier alpha value is -2.96. The number of nitrogens with zero attached hydrogens (tertiary/aromatic N) is 1. The second kappa shape index (κ2) is 13.4. The lowest BCUT2D eigenvalue weighted by Crippen LogP contribution is -2.42. The smallest absolute Gasteiger partial charge is 0.336 e. The Kier molecular flexibility index (Phi) is 9.98. The summed E-state index contributed by atoms with van der Waals surface area (Å²) in [6.45, 7) is 9.02. The number of carbonyl (C=O) groups is 1. The Balaban J connectivity index is 1.32. The molecule has 0 bridgehead atoms. The van der Waals surface area contributed by atoms with Crippen molar-refractivity contribution in [3.05, 3.63) is 77.2 Å². The molecule has 1 N–H and O–H groups in total. The van der Waals surface area contributed by atoms with Gasteiger partial charge in [0.15, 0.2) is 5.60 Å². The Bertz CT molecular complexity index is 1190. The molecule has 3 aromatic rings. The van der Waals surface area contributed by atoms with Gasteiger partial charge in [0, 0.05) is 18.4 Å². The maximum atomic E-state index is 12.1. The third-order valence-corrected chi connectivity index (χ3v) is 7.61. The van der Waals surface area contributed by atoms with Gasteiger partial charge in [0.2, 0.25) is 5.89 Å². The third kappa shape index (κ3) is 8.02. The number of ether oxygens (including phenoxy) is 2. The molecular formula is C33H43NO5. The van der Waals surface area contributed by atoms with E-state index in [9.17, 15) is 9.90 Å². The lowest BCUT2D eigenvalue weighted by molar-refractivity contribution is -0.166. The summed E-state index contributed by atoms with van der Waals surface area (Å²) >= 11 is 0. The minimum absolute atomic E-state index is 0.0951. The molecule has 0 radical (unpaired) electrons. The molecule has 3 atom stereocenters. The van der Waals surface area contributed by atoms with E-state index in [1.165, 1.54) is 5.56 Å². The number of oxazole rings is 1. The summed E-state index contributed by atoms with van der Waals surface area (Å²) in [7, 11) is 0. The van der Waals surface area contributed by atoms with E-state index in [1.54, 1.807) is 6.92 Å². The Morgan fingerprint density at radius 1 is 1.10 bits per heavy atom. The molecule has 39 heavy (non-hydrogen) atoms. The minimum atomic E-state index is -1.25. The van der Waals surface area contributed by atoms with Crippen LogP contribution in [0.3, 0.4) is 0 Å². The molecule has 6 nitrogen and oxygen atoms in total. The molecule has 4 rings (SSSR count). The summed E-state index contributed by atoms with van der Waals surface area (Å²) in [5.41, 5.74) is 2.86. The molecule has 1 aliphatic rings. The van der Waals surface area contributed by atoms with Gasteiger partial charge in [-0.1, -0.05) is 69.7 Å². The fraction of sp³-hybridized carbons (Fsp3) is 0.515. The number of hydrogen-bond acceptors (Lipinski definition) is 5. The molecule has 2 aromatic carbocycles. The monoisotopic (exact) mass is 533 g/mol. The summed E-state index contributed by atoms with van der Waals surface area (Å²) in [6, 6.07) is 18.1. The van der Waals surface area contributed by atoms with Gasteiger partial charge in [-0.25, -0.2) is 9.78 Å². The second-order valence-electron chi connectivity index (χ2n) is 11.5. The van der Waals surface area contributed by atoms with Crippen molar-refractivity contribution in [2.45, 2.75) is 91.0 Å². The van der Waals surface area contributed by atoms with Crippen LogP contribution < -0.4 is 0 Å². The van der Waals surface area contributed by atoms with E-state index in [2.05, 4.69) is 45.0 Å². The molecule has 1 saturated carbocycles. The van der Waals surface area contributed by atoms with Crippen LogP contribution in [0.25, 0.3) is 11.5 Å². The zero-order chi connectivity index (χ0) is 27.8. The van der Waals surface area contributed by atoms with Gasteiger partial charge < -0.3 is 19.0 Å². The largest absolute Gasteiger partial charge is 0.479 e. The maximum absolute atomic E-state index is 12.1. The van der Waals surface area contributed by atoms with Gasteiger partial charge in [-0.2, -0.15) is 0 Å². The zero-order valence-corrected chi connectivity index (χ0v) is 23.8. The van der Waals surface area contributed by atoms with Crippen molar-refractivity contribution < 1.29 is 23.8 Å². The van der Waals surface area contributed by atoms with Crippen molar-refractivity contribution in [2.75, 3.05) is 6.61 Å². The fourth-order valence-electron chi connectivity index (χ4n) is 5.37. The summed E-state index contributed by atoms with van der Waals surface area (Å²) in [5.74, 6) is 1.46. The number of hydrogen-bond donors (Lipinski definition) is 1. The van der Waals surface area contributed by atoms with Gasteiger partial charge in [0.25, 0.3) is 0 Å². The highest BCUT2D eigenvalue weighted by molar-refractivity contribution is 5.77. The fourth-order valence-corrected chi connectivity index (χ4v) is 5.37. The van der Waals surface area contributed by atoms with Crippen LogP contribution in [0.5, 0.6) is 0 Å². The summed E-state index contributed by atoms with van der Waals surface area (Å²) in [5, 5.41) is 9.90. The average molecular weight is 534 g/mol. The minimum Gasteiger partial charge on any atom is -0.479 e. The van der Waals surface area contributed by atoms with Crippen molar-refractivity contribution in [2.24, 2.45) is 11.8 Å². The van der Waals surface area contributed by atoms with Crippen LogP contribution in [-0.4, -0.2) is 34.4 Å². The van der Waals surface area contributed by atoms with E-state index in [0.717, 1.165) is 61.1 Å². The van der Waals surface area contributed by atoms with Crippen LogP contribution >= 0.6 is 0 Å². The molecular weight excluding hydrogens is 490 g/mol. The standard InChI is InChI=1S/C33H43NO5/c1-5-30-29(34-31(39-30)27-16-14-24(15-17-27)18-23(2)3)22-37-28-13-9-12-26(19-28)21-38-33(4,32(35)36)20-25-10-7-6-8-11-25/h6-8,10-11,14-17,23,26,28H,5,9,12-13,18-22H2,1-4H3,(H,35,36)/t26-,28+,33?/m1/s1. The zero-order valence-electron chi connectivity index (χ0n) is 23.8. The van der Waals surface area contributed by atoms with Crippen LogP contribution in [0.1, 0.15) is 76.0 Å². The molecule has 1 aliphatic carbocycles. The van der Waals surface area contributed by atoms with Crippen LogP contribution in [-0.2, 0) is 40.1 Å². The first kappa shape index (κ1) is 29.0. The van der Waals surface area contributed by atoms with Crippen molar-refractivity contribution in [1.82, 2.24) is 4.98 Å². The summed E-state index contributed by atoms with van der Waals surface area (Å²) in [6.07, 6.45) is 6.14. The highest BCUT2D eigenvalue weighted by atomic mass is 16.5. The molecule has 210 valence electrons. The summed E-state index contributed by atoms with van der Waals surface area (Å²) in [4.78, 5) is 16.9. The number of carboxylic acid groups (broad SMARTS) is 1. The maximum Gasteiger partial charge on any atom is 0.336 e. The number of carboxylic acids is 1. The Morgan fingerprint density at radius 3 is 2.51 bits per heavy atom. The van der Waals surface area contributed by atoms with Gasteiger partial charge in [-0.15, -0.1) is 0 Å². The van der Waals surface area contributed by atoms with Crippen molar-refractivity contribution in [1.29, 1.82) is 0 Å². The predicted molar refractivity (Wildman–Crippen MR) is 153 cm³/mol. The Morgan fingerprint density at radius 2 is 1.85 bits per heavy atom. The first-order valence-corrected chi connectivity index (χ1v) is 14.4. The summed E-state index contributed by atoms with van der Waals surface area (Å²) < 4.78 is 18.5. The first-order valence-electron chi connectivity index (χ1n) is 14.4. The van der Waals surface area contributed by atoms with Gasteiger partial charge in [-0.05, 0) is 67.7 Å². The van der Waals surface area contributed by atoms with Crippen LogP contribution in [0.2, 0.25) is 0 Å². The quantitative estimate of drug-likeness (QED) is 0.249. The van der Waals surface area contributed by atoms with E-state index >= 15 is 0 Å². The topological polar surface area (TPSA) is 81.8 Å². The first-order chi connectivity index (χ1) is 18.8. The molecule has 1 aromatic heterocycles. The predicted octanol–water partition coefficient (Wildman–Crippen LogP) is 7.28. The second-order valence-corrected chi connectivity index (χ2v) is 11.5. The van der Waals surface area contributed by atoms with Crippen LogP contribution in [0, 0.1) is 11.8 Å². The average Bonchev–Trinajstić information content (AvgIpc) is 3.35. The van der Waals surface area contributed by atoms with Gasteiger partial charge >= 0.3 is 5.97 Å². The van der Waals surface area contributed by atoms with Crippen LogP contribution in [0.15, 0.2) is 59.0 Å². The van der Waals surface area contributed by atoms with E-state index < -0.39 is 11.6 Å². The van der Waals surface area contributed by atoms with E-state index in [4.69, 9.17) is 18.9 Å². The van der Waals surface area contributed by atoms with E-state index in [0.29, 0.717) is 31.4 Å². The highest BCUT2D eigenvalue weighted by Gasteiger charge is 2.36. The molecule has 6 heteroatoms. The van der Waals surface area contributed by atoms with Crippen molar-refractivity contribution >= 4 is 5.97 Å². The number of benzene rings is 2. The van der Waals surface area contributed by atoms with Crippen LogP contribution in [0.4, 0.5) is 0 Å².